The molecule has 16 heavy (non-hydrogen) atoms. The first-order valence-corrected chi connectivity index (χ1v) is 6.65. The zero-order valence-corrected chi connectivity index (χ0v) is 11.0. The summed E-state index contributed by atoms with van der Waals surface area (Å²) in [4.78, 5) is 2.48. The van der Waals surface area contributed by atoms with Crippen molar-refractivity contribution < 1.29 is 5.11 Å². The van der Waals surface area contributed by atoms with E-state index in [0.29, 0.717) is 12.5 Å². The number of hydrogen-bond donors (Lipinski definition) is 1. The summed E-state index contributed by atoms with van der Waals surface area (Å²) in [5.74, 6) is 0.695. The molecule has 1 atom stereocenters. The van der Waals surface area contributed by atoms with Crippen molar-refractivity contribution in [3.05, 3.63) is 34.3 Å². The van der Waals surface area contributed by atoms with Gasteiger partial charge in [0.25, 0.3) is 0 Å². The number of halogens is 1. The second kappa shape index (κ2) is 5.80. The Bertz CT molecular complexity index is 325. The van der Waals surface area contributed by atoms with Gasteiger partial charge in [0.15, 0.2) is 0 Å². The Morgan fingerprint density at radius 1 is 1.31 bits per heavy atom. The Hall–Kier alpha value is -0.380. The van der Waals surface area contributed by atoms with E-state index in [1.807, 2.05) is 0 Å². The predicted molar refractivity (Wildman–Crippen MR) is 69.2 cm³/mol. The van der Waals surface area contributed by atoms with E-state index < -0.39 is 0 Å². The minimum atomic E-state index is 0.330. The van der Waals surface area contributed by atoms with Crippen LogP contribution in [0.25, 0.3) is 0 Å². The molecule has 3 heteroatoms. The van der Waals surface area contributed by atoms with Crippen molar-refractivity contribution in [1.82, 2.24) is 4.90 Å². The first-order valence-electron chi connectivity index (χ1n) is 5.85. The molecule has 0 bridgehead atoms. The quantitative estimate of drug-likeness (QED) is 0.919. The number of aliphatic hydroxyl groups excluding tert-OH is 1. The molecular formula is C13H18BrNO. The number of rotatable bonds is 4. The van der Waals surface area contributed by atoms with Crippen LogP contribution < -0.4 is 0 Å². The lowest BCUT2D eigenvalue weighted by Crippen LogP contribution is -2.20. The molecule has 88 valence electrons. The monoisotopic (exact) mass is 283 g/mol. The average Bonchev–Trinajstić information content (AvgIpc) is 2.70. The van der Waals surface area contributed by atoms with Gasteiger partial charge in [-0.05, 0) is 43.0 Å². The third-order valence-electron chi connectivity index (χ3n) is 3.23. The Kier molecular flexibility index (Phi) is 4.38. The molecule has 2 rings (SSSR count). The molecule has 1 aromatic rings. The van der Waals surface area contributed by atoms with Crippen LogP contribution in [-0.2, 0) is 6.54 Å². The Labute approximate surface area is 105 Å². The predicted octanol–water partition coefficient (Wildman–Crippen LogP) is 2.65. The molecule has 1 N–H and O–H groups in total. The molecular weight excluding hydrogens is 266 g/mol. The molecule has 0 radical (unpaired) electrons. The summed E-state index contributed by atoms with van der Waals surface area (Å²) in [6.07, 6.45) is 2.19. The van der Waals surface area contributed by atoms with Gasteiger partial charge in [-0.3, -0.25) is 4.90 Å². The first-order chi connectivity index (χ1) is 7.78. The van der Waals surface area contributed by atoms with Gasteiger partial charge >= 0.3 is 0 Å². The molecule has 0 saturated carbocycles. The molecule has 2 nitrogen and oxygen atoms in total. The van der Waals surface area contributed by atoms with Crippen molar-refractivity contribution in [2.24, 2.45) is 5.92 Å². The maximum Gasteiger partial charge on any atom is 0.0434 e. The van der Waals surface area contributed by atoms with E-state index in [4.69, 9.17) is 5.11 Å². The van der Waals surface area contributed by atoms with Crippen LogP contribution in [0.1, 0.15) is 18.4 Å². The summed E-state index contributed by atoms with van der Waals surface area (Å²) >= 11 is 3.45. The standard InChI is InChI=1S/C13H18BrNO/c14-13-3-1-11(2-4-13)9-15-7-5-12(10-15)6-8-16/h1-4,12,16H,5-10H2/t12-/m1/s1. The summed E-state index contributed by atoms with van der Waals surface area (Å²) < 4.78 is 1.14. The van der Waals surface area contributed by atoms with Gasteiger partial charge in [0.2, 0.25) is 0 Å². The number of hydrogen-bond acceptors (Lipinski definition) is 2. The Morgan fingerprint density at radius 2 is 2.06 bits per heavy atom. The van der Waals surface area contributed by atoms with Gasteiger partial charge in [-0.2, -0.15) is 0 Å². The molecule has 0 unspecified atom stereocenters. The van der Waals surface area contributed by atoms with Crippen molar-refractivity contribution >= 4 is 15.9 Å². The van der Waals surface area contributed by atoms with Crippen LogP contribution in [-0.4, -0.2) is 29.7 Å². The van der Waals surface area contributed by atoms with E-state index in [2.05, 4.69) is 45.1 Å². The highest BCUT2D eigenvalue weighted by Gasteiger charge is 2.21. The van der Waals surface area contributed by atoms with Crippen LogP contribution in [0.3, 0.4) is 0 Å². The lowest BCUT2D eigenvalue weighted by atomic mass is 10.1. The lowest BCUT2D eigenvalue weighted by molar-refractivity contribution is 0.249. The van der Waals surface area contributed by atoms with Crippen molar-refractivity contribution in [1.29, 1.82) is 0 Å². The van der Waals surface area contributed by atoms with Gasteiger partial charge in [-0.1, -0.05) is 28.1 Å². The normalized spacial score (nSPS) is 21.5. The van der Waals surface area contributed by atoms with E-state index in [-0.39, 0.29) is 0 Å². The lowest BCUT2D eigenvalue weighted by Gasteiger charge is -2.15. The van der Waals surface area contributed by atoms with E-state index >= 15 is 0 Å². The number of nitrogens with zero attached hydrogens (tertiary/aromatic N) is 1. The van der Waals surface area contributed by atoms with Crippen LogP contribution in [0.5, 0.6) is 0 Å². The highest BCUT2D eigenvalue weighted by atomic mass is 79.9. The molecule has 1 saturated heterocycles. The topological polar surface area (TPSA) is 23.5 Å². The largest absolute Gasteiger partial charge is 0.396 e. The van der Waals surface area contributed by atoms with Crippen molar-refractivity contribution in [2.75, 3.05) is 19.7 Å². The van der Waals surface area contributed by atoms with Crippen LogP contribution in [0.4, 0.5) is 0 Å². The summed E-state index contributed by atoms with van der Waals surface area (Å²) in [5.41, 5.74) is 1.37. The number of aliphatic hydroxyl groups is 1. The minimum absolute atomic E-state index is 0.330. The molecule has 0 aromatic heterocycles. The van der Waals surface area contributed by atoms with Gasteiger partial charge in [0, 0.05) is 24.2 Å². The number of benzene rings is 1. The molecule has 1 fully saturated rings. The Balaban J connectivity index is 1.84. The maximum absolute atomic E-state index is 8.91. The highest BCUT2D eigenvalue weighted by molar-refractivity contribution is 9.10. The Morgan fingerprint density at radius 3 is 2.75 bits per heavy atom. The van der Waals surface area contributed by atoms with Gasteiger partial charge in [0.05, 0.1) is 0 Å². The summed E-state index contributed by atoms with van der Waals surface area (Å²) in [7, 11) is 0. The van der Waals surface area contributed by atoms with Gasteiger partial charge in [0.1, 0.15) is 0 Å². The van der Waals surface area contributed by atoms with Crippen LogP contribution >= 0.6 is 15.9 Å². The third kappa shape index (κ3) is 3.30. The van der Waals surface area contributed by atoms with Gasteiger partial charge in [-0.15, -0.1) is 0 Å². The molecule has 1 aromatic carbocycles. The van der Waals surface area contributed by atoms with Gasteiger partial charge in [-0.25, -0.2) is 0 Å². The fourth-order valence-electron chi connectivity index (χ4n) is 2.32. The van der Waals surface area contributed by atoms with E-state index in [9.17, 15) is 0 Å². The van der Waals surface area contributed by atoms with Crippen molar-refractivity contribution in [2.45, 2.75) is 19.4 Å². The van der Waals surface area contributed by atoms with Crippen molar-refractivity contribution in [3.63, 3.8) is 0 Å². The zero-order chi connectivity index (χ0) is 11.4. The van der Waals surface area contributed by atoms with Crippen molar-refractivity contribution in [3.8, 4) is 0 Å². The summed E-state index contributed by atoms with van der Waals surface area (Å²) in [5, 5.41) is 8.91. The zero-order valence-electron chi connectivity index (χ0n) is 9.40. The van der Waals surface area contributed by atoms with E-state index in [1.54, 1.807) is 0 Å². The second-order valence-electron chi connectivity index (χ2n) is 4.53. The smallest absolute Gasteiger partial charge is 0.0434 e. The summed E-state index contributed by atoms with van der Waals surface area (Å²) in [6, 6.07) is 8.53. The summed E-state index contributed by atoms with van der Waals surface area (Å²) in [6.45, 7) is 3.67. The van der Waals surface area contributed by atoms with E-state index in [1.165, 1.54) is 18.5 Å². The fraction of sp³-hybridized carbons (Fsp3) is 0.538. The molecule has 1 aliphatic rings. The number of likely N-dealkylation sites (tertiary alicyclic amines) is 1. The molecule has 1 aliphatic heterocycles. The van der Waals surface area contributed by atoms with Crippen LogP contribution in [0.15, 0.2) is 28.7 Å². The maximum atomic E-state index is 8.91. The first kappa shape index (κ1) is 12.1. The fourth-order valence-corrected chi connectivity index (χ4v) is 2.59. The third-order valence-corrected chi connectivity index (χ3v) is 3.76. The van der Waals surface area contributed by atoms with Gasteiger partial charge < -0.3 is 5.11 Å². The minimum Gasteiger partial charge on any atom is -0.396 e. The van der Waals surface area contributed by atoms with Crippen LogP contribution in [0.2, 0.25) is 0 Å². The molecule has 0 spiro atoms. The van der Waals surface area contributed by atoms with E-state index in [0.717, 1.165) is 24.0 Å². The van der Waals surface area contributed by atoms with Crippen LogP contribution in [0, 0.1) is 5.92 Å². The SMILES string of the molecule is OCC[C@H]1CCN(Cc2ccc(Br)cc2)C1. The molecule has 0 aliphatic carbocycles. The second-order valence-corrected chi connectivity index (χ2v) is 5.44. The molecule has 0 amide bonds. The highest BCUT2D eigenvalue weighted by Crippen LogP contribution is 2.21. The molecule has 1 heterocycles. The average molecular weight is 284 g/mol.